The molecule has 11 heteroatoms. The maximum Gasteiger partial charge on any atom is 0.272 e. The number of likely N-dealkylation sites (N-methyl/N-ethyl adjacent to an activating group) is 1. The van der Waals surface area contributed by atoms with Crippen LogP contribution in [-0.4, -0.2) is 34.8 Å². The number of nitrogens with one attached hydrogen (secondary N) is 3. The minimum atomic E-state index is -0.348. The summed E-state index contributed by atoms with van der Waals surface area (Å²) in [6.07, 6.45) is 1.51. The number of pyridine rings is 1. The van der Waals surface area contributed by atoms with Crippen molar-refractivity contribution in [3.05, 3.63) is 104 Å². The SMILES string of the molecule is CCNC(=O)COc1ccc(Cl)cc1CNC(=O)Cc1c(C)ccn(NCc2c(C)noc2-c2ccccc2)c1=O. The van der Waals surface area contributed by atoms with E-state index < -0.39 is 0 Å². The molecule has 0 saturated heterocycles. The van der Waals surface area contributed by atoms with Gasteiger partial charge in [0.2, 0.25) is 5.91 Å². The molecule has 0 spiro atoms. The molecule has 0 atom stereocenters. The van der Waals surface area contributed by atoms with E-state index in [0.29, 0.717) is 52.0 Å². The zero-order valence-corrected chi connectivity index (χ0v) is 23.9. The summed E-state index contributed by atoms with van der Waals surface area (Å²) in [6, 6.07) is 16.3. The van der Waals surface area contributed by atoms with Gasteiger partial charge in [-0.2, -0.15) is 0 Å². The third kappa shape index (κ3) is 7.55. The van der Waals surface area contributed by atoms with Crippen molar-refractivity contribution in [1.82, 2.24) is 20.5 Å². The molecule has 214 valence electrons. The number of hydrogen-bond acceptors (Lipinski definition) is 7. The summed E-state index contributed by atoms with van der Waals surface area (Å²) in [4.78, 5) is 38.0. The molecule has 4 rings (SSSR count). The van der Waals surface area contributed by atoms with Crippen LogP contribution in [0, 0.1) is 13.8 Å². The molecule has 2 heterocycles. The number of nitrogens with zero attached hydrogens (tertiary/aromatic N) is 2. The highest BCUT2D eigenvalue weighted by Gasteiger charge is 2.17. The molecule has 2 amide bonds. The van der Waals surface area contributed by atoms with E-state index in [2.05, 4.69) is 21.2 Å². The molecule has 2 aromatic heterocycles. The van der Waals surface area contributed by atoms with Crippen LogP contribution in [0.4, 0.5) is 0 Å². The quantitative estimate of drug-likeness (QED) is 0.233. The average molecular weight is 578 g/mol. The van der Waals surface area contributed by atoms with E-state index in [1.54, 1.807) is 37.4 Å². The third-order valence-corrected chi connectivity index (χ3v) is 6.68. The number of ether oxygens (including phenoxy) is 1. The van der Waals surface area contributed by atoms with Gasteiger partial charge in [0.1, 0.15) is 5.75 Å². The van der Waals surface area contributed by atoms with Gasteiger partial charge >= 0.3 is 0 Å². The second-order valence-corrected chi connectivity index (χ2v) is 9.81. The van der Waals surface area contributed by atoms with Crippen molar-refractivity contribution in [2.75, 3.05) is 18.6 Å². The molecule has 10 nitrogen and oxygen atoms in total. The first-order chi connectivity index (χ1) is 19.8. The van der Waals surface area contributed by atoms with Crippen LogP contribution in [0.5, 0.6) is 5.75 Å². The fraction of sp³-hybridized carbons (Fsp3) is 0.267. The van der Waals surface area contributed by atoms with Crippen molar-refractivity contribution in [3.63, 3.8) is 0 Å². The fourth-order valence-corrected chi connectivity index (χ4v) is 4.42. The van der Waals surface area contributed by atoms with Gasteiger partial charge < -0.3 is 25.3 Å². The van der Waals surface area contributed by atoms with Gasteiger partial charge in [0.05, 0.1) is 18.7 Å². The lowest BCUT2D eigenvalue weighted by Crippen LogP contribution is -2.34. The van der Waals surface area contributed by atoms with Crippen molar-refractivity contribution in [1.29, 1.82) is 0 Å². The van der Waals surface area contributed by atoms with Gasteiger partial charge in [-0.15, -0.1) is 0 Å². The largest absolute Gasteiger partial charge is 0.483 e. The molecule has 0 bridgehead atoms. The number of aromatic nitrogens is 2. The Morgan fingerprint density at radius 2 is 1.78 bits per heavy atom. The Labute approximate surface area is 242 Å². The molecule has 0 fully saturated rings. The molecule has 0 saturated carbocycles. The number of carbonyl (C=O) groups excluding carboxylic acids is 2. The highest BCUT2D eigenvalue weighted by atomic mass is 35.5. The van der Waals surface area contributed by atoms with E-state index in [0.717, 1.165) is 11.1 Å². The first-order valence-corrected chi connectivity index (χ1v) is 13.5. The molecular formula is C30H32ClN5O5. The first kappa shape index (κ1) is 29.4. The minimum Gasteiger partial charge on any atom is -0.483 e. The Hall–Kier alpha value is -4.57. The molecule has 3 N–H and O–H groups in total. The normalized spacial score (nSPS) is 10.7. The highest BCUT2D eigenvalue weighted by Crippen LogP contribution is 2.26. The lowest BCUT2D eigenvalue weighted by Gasteiger charge is -2.14. The van der Waals surface area contributed by atoms with E-state index in [1.807, 2.05) is 44.2 Å². The van der Waals surface area contributed by atoms with Gasteiger partial charge in [0.15, 0.2) is 12.4 Å². The maximum absolute atomic E-state index is 13.3. The van der Waals surface area contributed by atoms with Crippen LogP contribution in [-0.2, 0) is 29.1 Å². The summed E-state index contributed by atoms with van der Waals surface area (Å²) in [5.41, 5.74) is 6.89. The molecule has 0 radical (unpaired) electrons. The maximum atomic E-state index is 13.3. The van der Waals surface area contributed by atoms with Crippen LogP contribution in [0.3, 0.4) is 0 Å². The van der Waals surface area contributed by atoms with Crippen LogP contribution in [0.25, 0.3) is 11.3 Å². The van der Waals surface area contributed by atoms with Crippen LogP contribution < -0.4 is 26.4 Å². The van der Waals surface area contributed by atoms with Gasteiger partial charge in [-0.1, -0.05) is 47.1 Å². The molecule has 0 aliphatic rings. The van der Waals surface area contributed by atoms with Gasteiger partial charge in [0.25, 0.3) is 11.5 Å². The molecule has 41 heavy (non-hydrogen) atoms. The van der Waals surface area contributed by atoms with Gasteiger partial charge in [-0.05, 0) is 50.6 Å². The van der Waals surface area contributed by atoms with Crippen molar-refractivity contribution < 1.29 is 18.8 Å². The summed E-state index contributed by atoms with van der Waals surface area (Å²) in [5.74, 6) is 0.462. The highest BCUT2D eigenvalue weighted by molar-refractivity contribution is 6.30. The number of amides is 2. The summed E-state index contributed by atoms with van der Waals surface area (Å²) in [5, 5.41) is 10.0. The van der Waals surface area contributed by atoms with Crippen LogP contribution in [0.15, 0.2) is 70.1 Å². The molecule has 0 aliphatic carbocycles. The van der Waals surface area contributed by atoms with E-state index in [1.165, 1.54) is 4.68 Å². The fourth-order valence-electron chi connectivity index (χ4n) is 4.22. The molecule has 0 aliphatic heterocycles. The van der Waals surface area contributed by atoms with Crippen molar-refractivity contribution >= 4 is 23.4 Å². The zero-order chi connectivity index (χ0) is 29.4. The molecule has 4 aromatic rings. The third-order valence-electron chi connectivity index (χ3n) is 6.44. The van der Waals surface area contributed by atoms with Crippen LogP contribution in [0.1, 0.15) is 34.9 Å². The van der Waals surface area contributed by atoms with Crippen molar-refractivity contribution in [2.24, 2.45) is 0 Å². The zero-order valence-electron chi connectivity index (χ0n) is 23.1. The lowest BCUT2D eigenvalue weighted by molar-refractivity contribution is -0.123. The molecule has 2 aromatic carbocycles. The van der Waals surface area contributed by atoms with Crippen molar-refractivity contribution in [2.45, 2.75) is 40.3 Å². The smallest absolute Gasteiger partial charge is 0.272 e. The minimum absolute atomic E-state index is 0.109. The number of carbonyl (C=O) groups is 2. The number of benzene rings is 2. The summed E-state index contributed by atoms with van der Waals surface area (Å²) < 4.78 is 12.5. The summed E-state index contributed by atoms with van der Waals surface area (Å²) in [7, 11) is 0. The predicted octanol–water partition coefficient (Wildman–Crippen LogP) is 3.89. The van der Waals surface area contributed by atoms with Crippen LogP contribution in [0.2, 0.25) is 5.02 Å². The number of hydrogen-bond donors (Lipinski definition) is 3. The Balaban J connectivity index is 1.43. The standard InChI is InChI=1S/C30H32ClN5O5/c1-4-32-28(38)18-40-26-11-10-23(31)14-22(26)16-33-27(37)15-24-19(2)12-13-36(30(24)39)34-17-25-20(3)35-41-29(25)21-8-6-5-7-9-21/h5-14,34H,4,15-18H2,1-3H3,(H,32,38)(H,33,37). The van der Waals surface area contributed by atoms with Gasteiger partial charge in [0, 0.05) is 46.6 Å². The predicted molar refractivity (Wildman–Crippen MR) is 156 cm³/mol. The molecule has 0 unspecified atom stereocenters. The van der Waals surface area contributed by atoms with Gasteiger partial charge in [-0.3, -0.25) is 14.4 Å². The average Bonchev–Trinajstić information content (AvgIpc) is 3.33. The van der Waals surface area contributed by atoms with E-state index in [-0.39, 0.29) is 36.9 Å². The Kier molecular flexibility index (Phi) is 9.81. The van der Waals surface area contributed by atoms with E-state index >= 15 is 0 Å². The second-order valence-electron chi connectivity index (χ2n) is 9.38. The first-order valence-electron chi connectivity index (χ1n) is 13.2. The van der Waals surface area contributed by atoms with E-state index in [9.17, 15) is 14.4 Å². The van der Waals surface area contributed by atoms with E-state index in [4.69, 9.17) is 20.9 Å². The Bertz CT molecular complexity index is 1580. The summed E-state index contributed by atoms with van der Waals surface area (Å²) in [6.45, 7) is 6.19. The topological polar surface area (TPSA) is 127 Å². The second kappa shape index (κ2) is 13.7. The summed E-state index contributed by atoms with van der Waals surface area (Å²) >= 11 is 6.15. The Morgan fingerprint density at radius 1 is 1.00 bits per heavy atom. The van der Waals surface area contributed by atoms with Crippen molar-refractivity contribution in [3.8, 4) is 17.1 Å². The number of aryl methyl sites for hydroxylation is 2. The number of rotatable bonds is 12. The number of halogens is 1. The van der Waals surface area contributed by atoms with Gasteiger partial charge in [-0.25, -0.2) is 4.68 Å². The molecular weight excluding hydrogens is 546 g/mol. The lowest BCUT2D eigenvalue weighted by atomic mass is 10.1. The Morgan fingerprint density at radius 3 is 2.54 bits per heavy atom. The van der Waals surface area contributed by atoms with Crippen LogP contribution >= 0.6 is 11.6 Å². The monoisotopic (exact) mass is 577 g/mol.